The number of nitrogens with zero attached hydrogens (tertiary/aromatic N) is 2. The lowest BCUT2D eigenvalue weighted by molar-refractivity contribution is -0.113. The van der Waals surface area contributed by atoms with Gasteiger partial charge in [0.25, 0.3) is 0 Å². The van der Waals surface area contributed by atoms with Crippen molar-refractivity contribution in [2.45, 2.75) is 25.1 Å². The van der Waals surface area contributed by atoms with Gasteiger partial charge in [-0.15, -0.1) is 5.10 Å². The number of rotatable bonds is 7. The van der Waals surface area contributed by atoms with Crippen LogP contribution in [0.4, 0.5) is 5.69 Å². The molecule has 0 radical (unpaired) electrons. The van der Waals surface area contributed by atoms with E-state index in [1.165, 1.54) is 11.8 Å². The highest BCUT2D eigenvalue weighted by atomic mass is 35.5. The molecule has 0 saturated heterocycles. The van der Waals surface area contributed by atoms with Crippen LogP contribution in [0.25, 0.3) is 11.4 Å². The second kappa shape index (κ2) is 9.58. The van der Waals surface area contributed by atoms with Crippen molar-refractivity contribution >= 4 is 40.9 Å². The smallest absolute Gasteiger partial charge is 0.340 e. The first-order valence-electron chi connectivity index (χ1n) is 8.84. The predicted molar refractivity (Wildman–Crippen MR) is 113 cm³/mol. The molecule has 3 rings (SSSR count). The molecule has 0 aliphatic heterocycles. The molecule has 29 heavy (non-hydrogen) atoms. The zero-order valence-corrected chi connectivity index (χ0v) is 17.4. The lowest BCUT2D eigenvalue weighted by atomic mass is 10.2. The van der Waals surface area contributed by atoms with Crippen LogP contribution in [0.1, 0.15) is 24.2 Å². The van der Waals surface area contributed by atoms with Crippen molar-refractivity contribution in [2.75, 3.05) is 11.1 Å². The first kappa shape index (κ1) is 20.9. The Bertz CT molecular complexity index is 1020. The van der Waals surface area contributed by atoms with Crippen LogP contribution in [0.15, 0.2) is 53.7 Å². The minimum Gasteiger partial charge on any atom is -0.459 e. The van der Waals surface area contributed by atoms with Crippen molar-refractivity contribution in [1.29, 1.82) is 0 Å². The molecule has 7 nitrogen and oxygen atoms in total. The molecule has 0 saturated carbocycles. The second-order valence-corrected chi connectivity index (χ2v) is 7.63. The molecule has 2 N–H and O–H groups in total. The summed E-state index contributed by atoms with van der Waals surface area (Å²) in [6.45, 7) is 3.53. The summed E-state index contributed by atoms with van der Waals surface area (Å²) in [7, 11) is 0. The number of halogens is 1. The fraction of sp³-hybridized carbons (Fsp3) is 0.200. The van der Waals surface area contributed by atoms with E-state index >= 15 is 0 Å². The highest BCUT2D eigenvalue weighted by molar-refractivity contribution is 7.99. The number of ether oxygens (including phenoxy) is 1. The number of esters is 1. The van der Waals surface area contributed by atoms with Crippen LogP contribution in [-0.4, -0.2) is 38.9 Å². The maximum absolute atomic E-state index is 12.3. The summed E-state index contributed by atoms with van der Waals surface area (Å²) < 4.78 is 5.21. The summed E-state index contributed by atoms with van der Waals surface area (Å²) in [6.07, 6.45) is -0.250. The van der Waals surface area contributed by atoms with Crippen molar-refractivity contribution < 1.29 is 14.3 Å². The Balaban J connectivity index is 1.62. The largest absolute Gasteiger partial charge is 0.459 e. The summed E-state index contributed by atoms with van der Waals surface area (Å²) >= 11 is 7.33. The van der Waals surface area contributed by atoms with E-state index in [0.29, 0.717) is 27.3 Å². The number of H-pyrrole nitrogens is 1. The van der Waals surface area contributed by atoms with Crippen LogP contribution in [0.5, 0.6) is 0 Å². The van der Waals surface area contributed by atoms with E-state index in [-0.39, 0.29) is 17.8 Å². The summed E-state index contributed by atoms with van der Waals surface area (Å²) in [5.74, 6) is -0.168. The summed E-state index contributed by atoms with van der Waals surface area (Å²) in [6, 6.07) is 14.0. The molecule has 3 aromatic rings. The van der Waals surface area contributed by atoms with Gasteiger partial charge >= 0.3 is 5.97 Å². The number of para-hydroxylation sites is 1. The Hall–Kier alpha value is -2.84. The van der Waals surface area contributed by atoms with Crippen LogP contribution in [0.2, 0.25) is 5.02 Å². The zero-order chi connectivity index (χ0) is 20.8. The van der Waals surface area contributed by atoms with Crippen LogP contribution in [0.3, 0.4) is 0 Å². The zero-order valence-electron chi connectivity index (χ0n) is 15.8. The Morgan fingerprint density at radius 3 is 2.66 bits per heavy atom. The average molecular weight is 431 g/mol. The van der Waals surface area contributed by atoms with Crippen molar-refractivity contribution in [3.05, 3.63) is 59.1 Å². The van der Waals surface area contributed by atoms with Gasteiger partial charge in [0, 0.05) is 5.56 Å². The Morgan fingerprint density at radius 1 is 1.17 bits per heavy atom. The molecule has 0 fully saturated rings. The van der Waals surface area contributed by atoms with Crippen LogP contribution in [0, 0.1) is 0 Å². The van der Waals surface area contributed by atoms with Gasteiger partial charge in [-0.1, -0.05) is 47.6 Å². The number of carbonyl (C=O) groups is 2. The molecule has 0 bridgehead atoms. The van der Waals surface area contributed by atoms with Crippen LogP contribution >= 0.6 is 23.4 Å². The number of anilines is 1. The average Bonchev–Trinajstić information content (AvgIpc) is 3.15. The van der Waals surface area contributed by atoms with E-state index in [1.54, 1.807) is 44.2 Å². The van der Waals surface area contributed by atoms with E-state index in [9.17, 15) is 9.59 Å². The molecule has 0 aliphatic carbocycles. The maximum atomic E-state index is 12.3. The number of hydrogen-bond donors (Lipinski definition) is 2. The van der Waals surface area contributed by atoms with Gasteiger partial charge in [0.2, 0.25) is 11.1 Å². The molecular formula is C20H19ClN4O3S. The lowest BCUT2D eigenvalue weighted by Crippen LogP contribution is -2.18. The first-order valence-corrected chi connectivity index (χ1v) is 10.2. The minimum absolute atomic E-state index is 0.0768. The predicted octanol–water partition coefficient (Wildman–Crippen LogP) is 4.42. The lowest BCUT2D eigenvalue weighted by Gasteiger charge is -2.12. The van der Waals surface area contributed by atoms with E-state index in [2.05, 4.69) is 20.5 Å². The quantitative estimate of drug-likeness (QED) is 0.425. The maximum Gasteiger partial charge on any atom is 0.340 e. The van der Waals surface area contributed by atoms with Gasteiger partial charge in [-0.3, -0.25) is 9.89 Å². The number of benzene rings is 2. The highest BCUT2D eigenvalue weighted by Gasteiger charge is 2.16. The van der Waals surface area contributed by atoms with Gasteiger partial charge in [0.1, 0.15) is 0 Å². The fourth-order valence-corrected chi connectivity index (χ4v) is 3.27. The Kier molecular flexibility index (Phi) is 6.90. The van der Waals surface area contributed by atoms with Crippen molar-refractivity contribution in [3.63, 3.8) is 0 Å². The molecule has 0 atom stereocenters. The number of nitrogens with one attached hydrogen (secondary N) is 2. The normalized spacial score (nSPS) is 10.8. The van der Waals surface area contributed by atoms with Gasteiger partial charge in [0.05, 0.1) is 28.1 Å². The van der Waals surface area contributed by atoms with Crippen molar-refractivity contribution in [3.8, 4) is 11.4 Å². The fourth-order valence-electron chi connectivity index (χ4n) is 2.45. The summed E-state index contributed by atoms with van der Waals surface area (Å²) in [4.78, 5) is 28.9. The molecule has 150 valence electrons. The third kappa shape index (κ3) is 5.58. The first-order chi connectivity index (χ1) is 13.9. The second-order valence-electron chi connectivity index (χ2n) is 6.28. The number of aromatic amines is 1. The van der Waals surface area contributed by atoms with Gasteiger partial charge < -0.3 is 10.1 Å². The number of hydrogen-bond acceptors (Lipinski definition) is 6. The number of aromatic nitrogens is 3. The van der Waals surface area contributed by atoms with Gasteiger partial charge in [-0.05, 0) is 38.1 Å². The summed E-state index contributed by atoms with van der Waals surface area (Å²) in [5.41, 5.74) is 1.43. The summed E-state index contributed by atoms with van der Waals surface area (Å²) in [5, 5.41) is 10.6. The molecule has 1 aromatic heterocycles. The molecule has 9 heteroatoms. The number of thioether (sulfide) groups is 1. The molecule has 1 amide bonds. The number of amides is 1. The molecule has 0 spiro atoms. The van der Waals surface area contributed by atoms with E-state index < -0.39 is 5.97 Å². The minimum atomic E-state index is -0.484. The van der Waals surface area contributed by atoms with E-state index in [4.69, 9.17) is 16.3 Å². The number of carbonyl (C=O) groups excluding carboxylic acids is 2. The highest BCUT2D eigenvalue weighted by Crippen LogP contribution is 2.26. The van der Waals surface area contributed by atoms with E-state index in [0.717, 1.165) is 5.56 Å². The molecule has 1 heterocycles. The van der Waals surface area contributed by atoms with E-state index in [1.807, 2.05) is 18.2 Å². The standard InChI is InChI=1S/C20H19ClN4O3S/c1-12(2)28-19(27)14-8-4-6-10-16(14)22-17(26)11-29-20-23-18(24-25-20)13-7-3-5-9-15(13)21/h3-10,12H,11H2,1-2H3,(H,22,26)(H,23,24,25). The third-order valence-corrected chi connectivity index (χ3v) is 4.87. The molecular weight excluding hydrogens is 412 g/mol. The molecule has 0 aliphatic rings. The SMILES string of the molecule is CC(C)OC(=O)c1ccccc1NC(=O)CSc1n[nH]c(-c2ccccc2Cl)n1. The Morgan fingerprint density at radius 2 is 1.90 bits per heavy atom. The van der Waals surface area contributed by atoms with Gasteiger partial charge in [0.15, 0.2) is 5.82 Å². The molecule has 2 aromatic carbocycles. The van der Waals surface area contributed by atoms with Gasteiger partial charge in [-0.2, -0.15) is 0 Å². The Labute approximate surface area is 177 Å². The van der Waals surface area contributed by atoms with Crippen molar-refractivity contribution in [1.82, 2.24) is 15.2 Å². The van der Waals surface area contributed by atoms with Crippen molar-refractivity contribution in [2.24, 2.45) is 0 Å². The topological polar surface area (TPSA) is 97.0 Å². The third-order valence-electron chi connectivity index (χ3n) is 3.69. The molecule has 0 unspecified atom stereocenters. The monoisotopic (exact) mass is 430 g/mol. The van der Waals surface area contributed by atoms with Crippen LogP contribution in [-0.2, 0) is 9.53 Å². The van der Waals surface area contributed by atoms with Gasteiger partial charge in [-0.25, -0.2) is 9.78 Å². The van der Waals surface area contributed by atoms with Crippen LogP contribution < -0.4 is 5.32 Å².